The van der Waals surface area contributed by atoms with Gasteiger partial charge < -0.3 is 28.8 Å². The van der Waals surface area contributed by atoms with Gasteiger partial charge in [-0.15, -0.1) is 0 Å². The van der Waals surface area contributed by atoms with Gasteiger partial charge in [-0.1, -0.05) is 243 Å². The number of unbranched alkanes of at least 4 members (excludes halogenated alkanes) is 32. The minimum absolute atomic E-state index is 0.0122. The second kappa shape index (κ2) is 47.8. The van der Waals surface area contributed by atoms with E-state index in [2.05, 4.69) is 55.6 Å². The van der Waals surface area contributed by atoms with Crippen LogP contribution in [-0.2, 0) is 18.4 Å². The first-order valence-corrected chi connectivity index (χ1v) is 29.3. The van der Waals surface area contributed by atoms with Crippen LogP contribution in [0.2, 0.25) is 0 Å². The van der Waals surface area contributed by atoms with Crippen LogP contribution >= 0.6 is 7.82 Å². The summed E-state index contributed by atoms with van der Waals surface area (Å²) in [6.07, 6.45) is 60.2. The molecule has 0 aromatic rings. The van der Waals surface area contributed by atoms with E-state index in [-0.39, 0.29) is 19.1 Å². The fourth-order valence-corrected chi connectivity index (χ4v) is 8.95. The van der Waals surface area contributed by atoms with Crippen LogP contribution in [0.5, 0.6) is 0 Å². The van der Waals surface area contributed by atoms with E-state index in [1.165, 1.54) is 186 Å². The van der Waals surface area contributed by atoms with Crippen LogP contribution in [-0.4, -0.2) is 68.5 Å². The molecular formula is C56H109N2O6P. The lowest BCUT2D eigenvalue weighted by Gasteiger charge is -2.30. The van der Waals surface area contributed by atoms with Crippen molar-refractivity contribution in [1.29, 1.82) is 0 Å². The summed E-state index contributed by atoms with van der Waals surface area (Å²) in [7, 11) is 1.31. The van der Waals surface area contributed by atoms with Crippen LogP contribution < -0.4 is 10.2 Å². The van der Waals surface area contributed by atoms with E-state index < -0.39 is 20.0 Å². The molecule has 2 N–H and O–H groups in total. The number of aliphatic hydroxyl groups excluding tert-OH is 1. The minimum atomic E-state index is -4.57. The molecule has 3 unspecified atom stereocenters. The van der Waals surface area contributed by atoms with Crippen LogP contribution in [0.4, 0.5) is 0 Å². The van der Waals surface area contributed by atoms with Crippen LogP contribution in [0.15, 0.2) is 36.5 Å². The van der Waals surface area contributed by atoms with Gasteiger partial charge in [-0.2, -0.15) is 0 Å². The number of phosphoric acid groups is 1. The fraction of sp³-hybridized carbons (Fsp3) is 0.875. The first-order valence-electron chi connectivity index (χ1n) is 27.8. The number of phosphoric ester groups is 1. The van der Waals surface area contributed by atoms with Gasteiger partial charge in [0.2, 0.25) is 5.91 Å². The number of aliphatic hydroxyl groups is 1. The SMILES string of the molecule is CCCCCCC/C=C\C/C=C\C/C=C\CCCCCCCCCCCCCCC(=O)NC(COP(=O)([O-])OCC[N+](C)(C)C)C(O)CCCCCCCCCCCCCCCCCC. The molecule has 8 nitrogen and oxygen atoms in total. The molecule has 0 bridgehead atoms. The topological polar surface area (TPSA) is 108 Å². The highest BCUT2D eigenvalue weighted by atomic mass is 31.2. The van der Waals surface area contributed by atoms with Gasteiger partial charge >= 0.3 is 0 Å². The molecule has 1 amide bonds. The Labute approximate surface area is 404 Å². The summed E-state index contributed by atoms with van der Waals surface area (Å²) in [5.41, 5.74) is 0. The smallest absolute Gasteiger partial charge is 0.268 e. The van der Waals surface area contributed by atoms with Crippen molar-refractivity contribution in [3.05, 3.63) is 36.5 Å². The first-order chi connectivity index (χ1) is 31.5. The summed E-state index contributed by atoms with van der Waals surface area (Å²) in [5.74, 6) is -0.165. The van der Waals surface area contributed by atoms with E-state index in [0.717, 1.165) is 51.4 Å². The Kier molecular flexibility index (Phi) is 46.8. The Morgan fingerprint density at radius 2 is 0.892 bits per heavy atom. The van der Waals surface area contributed by atoms with Gasteiger partial charge in [0.15, 0.2) is 0 Å². The normalized spacial score (nSPS) is 14.3. The molecular weight excluding hydrogens is 828 g/mol. The fourth-order valence-electron chi connectivity index (χ4n) is 8.22. The van der Waals surface area contributed by atoms with Crippen LogP contribution in [0.25, 0.3) is 0 Å². The summed E-state index contributed by atoms with van der Waals surface area (Å²) in [6, 6.07) is -0.801. The average molecular weight is 937 g/mol. The Bertz CT molecular complexity index is 1150. The van der Waals surface area contributed by atoms with E-state index in [1.807, 2.05) is 21.1 Å². The maximum Gasteiger partial charge on any atom is 0.268 e. The molecule has 65 heavy (non-hydrogen) atoms. The molecule has 0 aromatic carbocycles. The highest BCUT2D eigenvalue weighted by Crippen LogP contribution is 2.38. The molecule has 3 atom stereocenters. The number of allylic oxidation sites excluding steroid dienone is 6. The zero-order valence-electron chi connectivity index (χ0n) is 43.7. The lowest BCUT2D eigenvalue weighted by atomic mass is 10.0. The van der Waals surface area contributed by atoms with Gasteiger partial charge in [-0.3, -0.25) is 9.36 Å². The second-order valence-corrected chi connectivity index (χ2v) is 21.7. The summed E-state index contributed by atoms with van der Waals surface area (Å²) < 4.78 is 23.4. The number of quaternary nitrogens is 1. The summed E-state index contributed by atoms with van der Waals surface area (Å²) in [5, 5.41) is 14.0. The molecule has 0 radical (unpaired) electrons. The van der Waals surface area contributed by atoms with Crippen molar-refractivity contribution in [2.24, 2.45) is 0 Å². The molecule has 0 aromatic heterocycles. The van der Waals surface area contributed by atoms with E-state index in [9.17, 15) is 19.4 Å². The van der Waals surface area contributed by atoms with Crippen LogP contribution in [0.3, 0.4) is 0 Å². The second-order valence-electron chi connectivity index (χ2n) is 20.3. The van der Waals surface area contributed by atoms with Gasteiger partial charge in [-0.25, -0.2) is 0 Å². The summed E-state index contributed by atoms with van der Waals surface area (Å²) >= 11 is 0. The highest BCUT2D eigenvalue weighted by Gasteiger charge is 2.24. The molecule has 0 aliphatic carbocycles. The van der Waals surface area contributed by atoms with E-state index in [1.54, 1.807) is 0 Å². The number of rotatable bonds is 51. The van der Waals surface area contributed by atoms with Crippen LogP contribution in [0, 0.1) is 0 Å². The largest absolute Gasteiger partial charge is 0.756 e. The minimum Gasteiger partial charge on any atom is -0.756 e. The molecule has 0 rings (SSSR count). The maximum atomic E-state index is 13.0. The molecule has 0 spiro atoms. The number of nitrogens with zero attached hydrogens (tertiary/aromatic N) is 1. The van der Waals surface area contributed by atoms with Crippen molar-refractivity contribution in [3.63, 3.8) is 0 Å². The Balaban J connectivity index is 4.15. The summed E-state index contributed by atoms with van der Waals surface area (Å²) in [4.78, 5) is 25.5. The zero-order valence-corrected chi connectivity index (χ0v) is 44.6. The van der Waals surface area contributed by atoms with Crippen molar-refractivity contribution in [3.8, 4) is 0 Å². The van der Waals surface area contributed by atoms with Crippen molar-refractivity contribution >= 4 is 13.7 Å². The highest BCUT2D eigenvalue weighted by molar-refractivity contribution is 7.45. The Morgan fingerprint density at radius 1 is 0.538 bits per heavy atom. The molecule has 9 heteroatoms. The van der Waals surface area contributed by atoms with E-state index in [0.29, 0.717) is 23.9 Å². The Morgan fingerprint density at radius 3 is 1.29 bits per heavy atom. The van der Waals surface area contributed by atoms with Gasteiger partial charge in [0, 0.05) is 6.42 Å². The quantitative estimate of drug-likeness (QED) is 0.0272. The maximum absolute atomic E-state index is 13.0. The van der Waals surface area contributed by atoms with Crippen molar-refractivity contribution in [2.75, 3.05) is 40.9 Å². The third-order valence-corrected chi connectivity index (χ3v) is 13.6. The van der Waals surface area contributed by atoms with Crippen molar-refractivity contribution in [1.82, 2.24) is 5.32 Å². The van der Waals surface area contributed by atoms with Gasteiger partial charge in [-0.05, 0) is 51.4 Å². The predicted molar refractivity (Wildman–Crippen MR) is 279 cm³/mol. The average Bonchev–Trinajstić information content (AvgIpc) is 3.26. The van der Waals surface area contributed by atoms with Gasteiger partial charge in [0.1, 0.15) is 13.2 Å². The standard InChI is InChI=1S/C56H109N2O6P/c1-6-8-10-12-14-16-18-20-22-24-25-26-27-28-29-30-31-32-33-34-36-38-40-42-44-46-48-50-56(60)57-54(53-64-65(61,62)63-52-51-58(3,4)5)55(59)49-47-45-43-41-39-37-35-23-21-19-17-15-13-11-9-7-2/h18,20,24-25,27-28,54-55,59H,6-17,19,21-23,26,29-53H2,1-5H3,(H-,57,60,61,62)/b20-18-,25-24-,28-27-. The molecule has 0 aliphatic rings. The zero-order chi connectivity index (χ0) is 47.8. The van der Waals surface area contributed by atoms with Gasteiger partial charge in [0.05, 0.1) is 39.9 Å². The summed E-state index contributed by atoms with van der Waals surface area (Å²) in [6.45, 7) is 4.73. The predicted octanol–water partition coefficient (Wildman–Crippen LogP) is 16.0. The molecule has 0 saturated carbocycles. The molecule has 0 fully saturated rings. The number of hydrogen-bond acceptors (Lipinski definition) is 6. The molecule has 0 aliphatic heterocycles. The monoisotopic (exact) mass is 937 g/mol. The molecule has 0 heterocycles. The van der Waals surface area contributed by atoms with Gasteiger partial charge in [0.25, 0.3) is 7.82 Å². The third kappa shape index (κ3) is 50.4. The number of carbonyl (C=O) groups is 1. The number of carbonyl (C=O) groups excluding carboxylic acids is 1. The number of likely N-dealkylation sites (N-methyl/N-ethyl adjacent to an activating group) is 1. The van der Waals surface area contributed by atoms with Crippen molar-refractivity contribution in [2.45, 2.75) is 276 Å². The lowest BCUT2D eigenvalue weighted by Crippen LogP contribution is -2.46. The lowest BCUT2D eigenvalue weighted by molar-refractivity contribution is -0.870. The Hall–Kier alpha value is -1.28. The molecule has 0 saturated heterocycles. The first kappa shape index (κ1) is 63.7. The van der Waals surface area contributed by atoms with Crippen molar-refractivity contribution < 1.29 is 32.9 Å². The third-order valence-electron chi connectivity index (χ3n) is 12.6. The number of amides is 1. The number of nitrogens with one attached hydrogen (secondary N) is 1. The number of hydrogen-bond donors (Lipinski definition) is 2. The molecule has 384 valence electrons. The van der Waals surface area contributed by atoms with Crippen LogP contribution in [0.1, 0.15) is 264 Å². The van der Waals surface area contributed by atoms with E-state index >= 15 is 0 Å². The van der Waals surface area contributed by atoms with E-state index in [4.69, 9.17) is 9.05 Å².